The maximum atomic E-state index is 11.2. The predicted octanol–water partition coefficient (Wildman–Crippen LogP) is 1.67. The van der Waals surface area contributed by atoms with Gasteiger partial charge in [-0.2, -0.15) is 0 Å². The Kier molecular flexibility index (Phi) is 6.15. The lowest BCUT2D eigenvalue weighted by Gasteiger charge is -2.10. The van der Waals surface area contributed by atoms with Gasteiger partial charge in [0, 0.05) is 19.3 Å². The van der Waals surface area contributed by atoms with Gasteiger partial charge < -0.3 is 10.1 Å². The number of pyridine rings is 1. The Hall–Kier alpha value is -0.940. The van der Waals surface area contributed by atoms with E-state index < -0.39 is 0 Å². The molecule has 1 aromatic heterocycles. The first-order chi connectivity index (χ1) is 8.19. The van der Waals surface area contributed by atoms with Crippen LogP contribution in [-0.2, 0) is 22.5 Å². The highest BCUT2D eigenvalue weighted by Crippen LogP contribution is 2.06. The van der Waals surface area contributed by atoms with E-state index >= 15 is 0 Å². The molecule has 0 saturated carbocycles. The van der Waals surface area contributed by atoms with Gasteiger partial charge in [-0.3, -0.25) is 9.78 Å². The fourth-order valence-corrected chi connectivity index (χ4v) is 1.90. The number of esters is 1. The average Bonchev–Trinajstić information content (AvgIpc) is 2.38. The molecule has 0 aliphatic heterocycles. The Morgan fingerprint density at radius 2 is 2.41 bits per heavy atom. The molecule has 5 heteroatoms. The van der Waals surface area contributed by atoms with Gasteiger partial charge in [0.25, 0.3) is 0 Å². The fraction of sp³-hybridized carbons (Fsp3) is 0.500. The monoisotopic (exact) mass is 300 g/mol. The molecule has 0 spiro atoms. The third-order valence-electron chi connectivity index (χ3n) is 2.44. The van der Waals surface area contributed by atoms with E-state index in [-0.39, 0.29) is 10.8 Å². The quantitative estimate of drug-likeness (QED) is 0.641. The molecule has 0 aromatic carbocycles. The molecular weight excluding hydrogens is 284 g/mol. The van der Waals surface area contributed by atoms with Crippen LogP contribution in [0.15, 0.2) is 18.3 Å². The molecule has 0 fully saturated rings. The minimum atomic E-state index is -0.318. The van der Waals surface area contributed by atoms with Crippen LogP contribution in [0.3, 0.4) is 0 Å². The van der Waals surface area contributed by atoms with Gasteiger partial charge in [-0.15, -0.1) is 0 Å². The molecule has 0 aliphatic carbocycles. The van der Waals surface area contributed by atoms with E-state index in [1.54, 1.807) is 6.20 Å². The van der Waals surface area contributed by atoms with E-state index in [4.69, 9.17) is 0 Å². The predicted molar refractivity (Wildman–Crippen MR) is 70.1 cm³/mol. The number of carbonyl (C=O) groups is 1. The summed E-state index contributed by atoms with van der Waals surface area (Å²) in [6.07, 6.45) is 2.74. The highest BCUT2D eigenvalue weighted by Gasteiger charge is 2.14. The number of nitrogens with one attached hydrogen (secondary N) is 1. The SMILES string of the molecule is CCc1cccnc1CNCC(Br)C(=O)OC. The minimum Gasteiger partial charge on any atom is -0.468 e. The lowest BCUT2D eigenvalue weighted by Crippen LogP contribution is -2.29. The van der Waals surface area contributed by atoms with Crippen LogP contribution in [0.4, 0.5) is 0 Å². The number of halogens is 1. The maximum Gasteiger partial charge on any atom is 0.320 e. The van der Waals surface area contributed by atoms with Gasteiger partial charge in [-0.1, -0.05) is 28.9 Å². The number of hydrogen-bond donors (Lipinski definition) is 1. The summed E-state index contributed by atoms with van der Waals surface area (Å²) >= 11 is 3.26. The second-order valence-electron chi connectivity index (χ2n) is 3.58. The Morgan fingerprint density at radius 1 is 1.65 bits per heavy atom. The number of aromatic nitrogens is 1. The van der Waals surface area contributed by atoms with E-state index in [0.717, 1.165) is 12.1 Å². The molecule has 94 valence electrons. The number of hydrogen-bond acceptors (Lipinski definition) is 4. The Labute approximate surface area is 110 Å². The summed E-state index contributed by atoms with van der Waals surface area (Å²) < 4.78 is 4.62. The first-order valence-corrected chi connectivity index (χ1v) is 6.46. The van der Waals surface area contributed by atoms with Crippen molar-refractivity contribution in [1.29, 1.82) is 0 Å². The standard InChI is InChI=1S/C12H17BrN2O2/c1-3-9-5-4-6-15-11(9)8-14-7-10(13)12(16)17-2/h4-6,10,14H,3,7-8H2,1-2H3. The van der Waals surface area contributed by atoms with Crippen LogP contribution in [0, 0.1) is 0 Å². The summed E-state index contributed by atoms with van der Waals surface area (Å²) in [5.41, 5.74) is 2.25. The molecule has 1 rings (SSSR count). The second kappa shape index (κ2) is 7.40. The van der Waals surface area contributed by atoms with Crippen molar-refractivity contribution in [2.24, 2.45) is 0 Å². The van der Waals surface area contributed by atoms with Gasteiger partial charge in [0.2, 0.25) is 0 Å². The molecule has 1 N–H and O–H groups in total. The number of alkyl halides is 1. The third kappa shape index (κ3) is 4.44. The molecule has 0 aliphatic rings. The van der Waals surface area contributed by atoms with E-state index in [9.17, 15) is 4.79 Å². The lowest BCUT2D eigenvalue weighted by atomic mass is 10.1. The summed E-state index contributed by atoms with van der Waals surface area (Å²) in [6.45, 7) is 3.28. The topological polar surface area (TPSA) is 51.2 Å². The van der Waals surface area contributed by atoms with Crippen LogP contribution >= 0.6 is 15.9 Å². The summed E-state index contributed by atoms with van der Waals surface area (Å²) in [6, 6.07) is 4.00. The normalized spacial score (nSPS) is 12.2. The third-order valence-corrected chi connectivity index (χ3v) is 3.14. The fourth-order valence-electron chi connectivity index (χ4n) is 1.48. The van der Waals surface area contributed by atoms with Gasteiger partial charge in [-0.05, 0) is 18.1 Å². The highest BCUT2D eigenvalue weighted by molar-refractivity contribution is 9.10. The summed E-state index contributed by atoms with van der Waals surface area (Å²) in [5.74, 6) is -0.269. The summed E-state index contributed by atoms with van der Waals surface area (Å²) in [4.78, 5) is 15.2. The van der Waals surface area contributed by atoms with Crippen molar-refractivity contribution >= 4 is 21.9 Å². The van der Waals surface area contributed by atoms with Gasteiger partial charge in [0.15, 0.2) is 0 Å². The average molecular weight is 301 g/mol. The van der Waals surface area contributed by atoms with Crippen LogP contribution in [0.25, 0.3) is 0 Å². The van der Waals surface area contributed by atoms with E-state index in [1.807, 2.05) is 6.07 Å². The summed E-state index contributed by atoms with van der Waals surface area (Å²) in [7, 11) is 1.38. The van der Waals surface area contributed by atoms with Crippen LogP contribution < -0.4 is 5.32 Å². The number of methoxy groups -OCH3 is 1. The molecule has 1 atom stereocenters. The molecule has 17 heavy (non-hydrogen) atoms. The first-order valence-electron chi connectivity index (χ1n) is 5.54. The second-order valence-corrected chi connectivity index (χ2v) is 4.69. The number of nitrogens with zero attached hydrogens (tertiary/aromatic N) is 1. The van der Waals surface area contributed by atoms with Crippen LogP contribution in [-0.4, -0.2) is 29.4 Å². The van der Waals surface area contributed by atoms with E-state index in [2.05, 4.69) is 44.0 Å². The van der Waals surface area contributed by atoms with Gasteiger partial charge in [0.05, 0.1) is 12.8 Å². The number of ether oxygens (including phenoxy) is 1. The van der Waals surface area contributed by atoms with Crippen molar-refractivity contribution in [3.63, 3.8) is 0 Å². The molecule has 0 radical (unpaired) electrons. The number of carbonyl (C=O) groups excluding carboxylic acids is 1. The van der Waals surface area contributed by atoms with Crippen LogP contribution in [0.2, 0.25) is 0 Å². The van der Waals surface area contributed by atoms with Crippen molar-refractivity contribution in [2.75, 3.05) is 13.7 Å². The molecule has 0 saturated heterocycles. The van der Waals surface area contributed by atoms with Crippen LogP contribution in [0.1, 0.15) is 18.2 Å². The number of aryl methyl sites for hydroxylation is 1. The largest absolute Gasteiger partial charge is 0.468 e. The Bertz CT molecular complexity index is 371. The molecule has 4 nitrogen and oxygen atoms in total. The van der Waals surface area contributed by atoms with Crippen molar-refractivity contribution < 1.29 is 9.53 Å². The van der Waals surface area contributed by atoms with Crippen molar-refractivity contribution in [3.05, 3.63) is 29.6 Å². The van der Waals surface area contributed by atoms with Crippen LogP contribution in [0.5, 0.6) is 0 Å². The van der Waals surface area contributed by atoms with E-state index in [1.165, 1.54) is 12.7 Å². The molecule has 1 heterocycles. The minimum absolute atomic E-state index is 0.269. The molecule has 0 amide bonds. The zero-order chi connectivity index (χ0) is 12.7. The molecule has 1 aromatic rings. The van der Waals surface area contributed by atoms with Crippen molar-refractivity contribution in [2.45, 2.75) is 24.7 Å². The lowest BCUT2D eigenvalue weighted by molar-refractivity contribution is -0.139. The molecule has 0 bridgehead atoms. The van der Waals surface area contributed by atoms with Crippen molar-refractivity contribution in [1.82, 2.24) is 10.3 Å². The Morgan fingerprint density at radius 3 is 3.06 bits per heavy atom. The van der Waals surface area contributed by atoms with Gasteiger partial charge in [0.1, 0.15) is 4.83 Å². The summed E-state index contributed by atoms with van der Waals surface area (Å²) in [5, 5.41) is 3.18. The maximum absolute atomic E-state index is 11.2. The van der Waals surface area contributed by atoms with Gasteiger partial charge >= 0.3 is 5.97 Å². The van der Waals surface area contributed by atoms with Crippen molar-refractivity contribution in [3.8, 4) is 0 Å². The zero-order valence-electron chi connectivity index (χ0n) is 10.1. The number of rotatable bonds is 6. The zero-order valence-corrected chi connectivity index (χ0v) is 11.7. The molecular formula is C12H17BrN2O2. The van der Waals surface area contributed by atoms with Gasteiger partial charge in [-0.25, -0.2) is 0 Å². The molecule has 1 unspecified atom stereocenters. The van der Waals surface area contributed by atoms with E-state index in [0.29, 0.717) is 13.1 Å². The smallest absolute Gasteiger partial charge is 0.320 e. The highest BCUT2D eigenvalue weighted by atomic mass is 79.9. The Balaban J connectivity index is 2.43. The first kappa shape index (κ1) is 14.1.